The van der Waals surface area contributed by atoms with Crippen molar-refractivity contribution in [1.82, 2.24) is 24.1 Å². The maximum Gasteiger partial charge on any atom is 0.255 e. The van der Waals surface area contributed by atoms with E-state index < -0.39 is 0 Å². The first-order chi connectivity index (χ1) is 17.7. The van der Waals surface area contributed by atoms with Gasteiger partial charge in [-0.2, -0.15) is 5.10 Å². The van der Waals surface area contributed by atoms with Crippen LogP contribution in [0.25, 0.3) is 22.6 Å². The molecule has 9 nitrogen and oxygen atoms in total. The van der Waals surface area contributed by atoms with Crippen LogP contribution in [0.3, 0.4) is 0 Å². The van der Waals surface area contributed by atoms with Crippen LogP contribution in [0.15, 0.2) is 79.5 Å². The fourth-order valence-corrected chi connectivity index (χ4v) is 4.41. The second-order valence-corrected chi connectivity index (χ2v) is 8.70. The molecule has 6 rings (SSSR count). The molecule has 1 fully saturated rings. The largest absolute Gasteiger partial charge is 0.378 e. The third-order valence-corrected chi connectivity index (χ3v) is 6.35. The molecule has 36 heavy (non-hydrogen) atoms. The molecule has 9 heteroatoms. The van der Waals surface area contributed by atoms with Crippen LogP contribution in [-0.4, -0.2) is 56.4 Å². The van der Waals surface area contributed by atoms with Crippen LogP contribution in [0.1, 0.15) is 15.9 Å². The lowest BCUT2D eigenvalue weighted by Gasteiger charge is -2.27. The Morgan fingerprint density at radius 1 is 1.03 bits per heavy atom. The number of imidazole rings is 1. The number of nitrogens with one attached hydrogen (secondary N) is 1. The van der Waals surface area contributed by atoms with Gasteiger partial charge < -0.3 is 15.0 Å². The van der Waals surface area contributed by atoms with Crippen LogP contribution in [0.5, 0.6) is 0 Å². The number of benzene rings is 1. The summed E-state index contributed by atoms with van der Waals surface area (Å²) in [6.07, 6.45) is 9.12. The Bertz CT molecular complexity index is 1530. The van der Waals surface area contributed by atoms with Gasteiger partial charge in [0.2, 0.25) is 0 Å². The fourth-order valence-electron chi connectivity index (χ4n) is 4.41. The number of aromatic nitrogens is 5. The van der Waals surface area contributed by atoms with Crippen LogP contribution >= 0.6 is 0 Å². The number of nitrogens with zero attached hydrogens (tertiary/aromatic N) is 6. The summed E-state index contributed by atoms with van der Waals surface area (Å²) >= 11 is 0. The number of hydrogen-bond donors (Lipinski definition) is 1. The summed E-state index contributed by atoms with van der Waals surface area (Å²) in [4.78, 5) is 23.9. The molecule has 1 amide bonds. The number of anilines is 2. The lowest BCUT2D eigenvalue weighted by Crippen LogP contribution is -2.36. The average molecular weight is 480 g/mol. The Morgan fingerprint density at radius 3 is 2.75 bits per heavy atom. The van der Waals surface area contributed by atoms with Crippen molar-refractivity contribution >= 4 is 23.1 Å². The van der Waals surface area contributed by atoms with Crippen molar-refractivity contribution < 1.29 is 9.53 Å². The normalized spacial score (nSPS) is 13.8. The summed E-state index contributed by atoms with van der Waals surface area (Å²) in [7, 11) is 0. The number of morpholine rings is 1. The van der Waals surface area contributed by atoms with Gasteiger partial charge in [-0.3, -0.25) is 14.3 Å². The van der Waals surface area contributed by atoms with Crippen molar-refractivity contribution in [3.05, 3.63) is 90.6 Å². The average Bonchev–Trinajstić information content (AvgIpc) is 3.52. The quantitative estimate of drug-likeness (QED) is 0.410. The second kappa shape index (κ2) is 9.27. The highest BCUT2D eigenvalue weighted by Crippen LogP contribution is 2.26. The number of fused-ring (bicyclic) bond motifs is 1. The molecule has 0 unspecified atom stereocenters. The first-order valence-electron chi connectivity index (χ1n) is 11.8. The van der Waals surface area contributed by atoms with Gasteiger partial charge in [0.1, 0.15) is 11.5 Å². The van der Waals surface area contributed by atoms with Gasteiger partial charge in [0.25, 0.3) is 5.91 Å². The fraction of sp³-hybridized carbons (Fsp3) is 0.185. The van der Waals surface area contributed by atoms with Crippen LogP contribution in [0, 0.1) is 6.92 Å². The van der Waals surface area contributed by atoms with Crippen molar-refractivity contribution in [1.29, 1.82) is 0 Å². The molecule has 5 aromatic rings. The van der Waals surface area contributed by atoms with E-state index in [9.17, 15) is 4.79 Å². The van der Waals surface area contributed by atoms with E-state index in [0.717, 1.165) is 47.1 Å². The third kappa shape index (κ3) is 4.20. The smallest absolute Gasteiger partial charge is 0.255 e. The molecule has 1 aromatic carbocycles. The summed E-state index contributed by atoms with van der Waals surface area (Å²) in [6.45, 7) is 4.91. The van der Waals surface area contributed by atoms with Crippen molar-refractivity contribution in [3.63, 3.8) is 0 Å². The molecule has 0 saturated carbocycles. The zero-order valence-corrected chi connectivity index (χ0v) is 19.8. The van der Waals surface area contributed by atoms with Gasteiger partial charge in [0.05, 0.1) is 24.6 Å². The lowest BCUT2D eigenvalue weighted by atomic mass is 10.1. The minimum Gasteiger partial charge on any atom is -0.378 e. The zero-order valence-electron chi connectivity index (χ0n) is 19.8. The maximum atomic E-state index is 13.1. The van der Waals surface area contributed by atoms with Crippen LogP contribution in [-0.2, 0) is 4.74 Å². The van der Waals surface area contributed by atoms with Crippen molar-refractivity contribution in [2.24, 2.45) is 0 Å². The van der Waals surface area contributed by atoms with Crippen LogP contribution < -0.4 is 10.2 Å². The number of amides is 1. The SMILES string of the molecule is Cc1ccc(NC(=O)c2ccnc(N3CCOCC3)c2)cc1-n1ccn2nc(-c3cccnc3)cc12. The summed E-state index contributed by atoms with van der Waals surface area (Å²) in [6, 6.07) is 15.4. The Kier molecular flexibility index (Phi) is 5.67. The molecule has 5 heterocycles. The Balaban J connectivity index is 1.27. The minimum absolute atomic E-state index is 0.178. The highest BCUT2D eigenvalue weighted by atomic mass is 16.5. The summed E-state index contributed by atoms with van der Waals surface area (Å²) in [5, 5.41) is 7.73. The summed E-state index contributed by atoms with van der Waals surface area (Å²) < 4.78 is 9.34. The third-order valence-electron chi connectivity index (χ3n) is 6.35. The first-order valence-corrected chi connectivity index (χ1v) is 11.8. The van der Waals surface area contributed by atoms with E-state index in [-0.39, 0.29) is 5.91 Å². The summed E-state index contributed by atoms with van der Waals surface area (Å²) in [5.41, 5.74) is 6.04. The number of rotatable bonds is 5. The molecular formula is C27H25N7O2. The molecule has 0 aliphatic carbocycles. The highest BCUT2D eigenvalue weighted by Gasteiger charge is 2.16. The summed E-state index contributed by atoms with van der Waals surface area (Å²) in [5.74, 6) is 0.609. The number of carbonyl (C=O) groups excluding carboxylic acids is 1. The number of carbonyl (C=O) groups is 1. The van der Waals surface area contributed by atoms with Gasteiger partial charge in [-0.25, -0.2) is 9.50 Å². The van der Waals surface area contributed by atoms with Gasteiger partial charge >= 0.3 is 0 Å². The topological polar surface area (TPSA) is 89.6 Å². The van der Waals surface area contributed by atoms with E-state index in [1.807, 2.05) is 66.3 Å². The Morgan fingerprint density at radius 2 is 1.92 bits per heavy atom. The van der Waals surface area contributed by atoms with E-state index in [4.69, 9.17) is 4.74 Å². The number of ether oxygens (including phenoxy) is 1. The molecule has 0 radical (unpaired) electrons. The van der Waals surface area contributed by atoms with Crippen LogP contribution in [0.2, 0.25) is 0 Å². The van der Waals surface area contributed by atoms with E-state index >= 15 is 0 Å². The molecule has 0 spiro atoms. The second-order valence-electron chi connectivity index (χ2n) is 8.70. The van der Waals surface area contributed by atoms with Crippen molar-refractivity contribution in [3.8, 4) is 16.9 Å². The highest BCUT2D eigenvalue weighted by molar-refractivity contribution is 6.04. The molecule has 1 aliphatic heterocycles. The maximum absolute atomic E-state index is 13.1. The van der Waals surface area contributed by atoms with Crippen molar-refractivity contribution in [2.45, 2.75) is 6.92 Å². The molecule has 1 aliphatic rings. The van der Waals surface area contributed by atoms with Gasteiger partial charge in [0.15, 0.2) is 0 Å². The predicted molar refractivity (Wildman–Crippen MR) is 138 cm³/mol. The van der Waals surface area contributed by atoms with E-state index in [0.29, 0.717) is 24.5 Å². The molecular weight excluding hydrogens is 454 g/mol. The molecule has 4 aromatic heterocycles. The van der Waals surface area contributed by atoms with E-state index in [1.165, 1.54) is 0 Å². The Labute approximate surface area is 208 Å². The molecule has 1 N–H and O–H groups in total. The molecule has 0 atom stereocenters. The number of pyridine rings is 2. The predicted octanol–water partition coefficient (Wildman–Crippen LogP) is 3.98. The van der Waals surface area contributed by atoms with Gasteiger partial charge in [0, 0.05) is 67.0 Å². The Hall–Kier alpha value is -4.50. The number of aryl methyl sites for hydroxylation is 1. The van der Waals surface area contributed by atoms with E-state index in [1.54, 1.807) is 24.7 Å². The zero-order chi connectivity index (χ0) is 24.5. The van der Waals surface area contributed by atoms with Gasteiger partial charge in [-0.15, -0.1) is 0 Å². The van der Waals surface area contributed by atoms with Gasteiger partial charge in [-0.05, 0) is 48.9 Å². The molecule has 0 bridgehead atoms. The molecule has 1 saturated heterocycles. The first kappa shape index (κ1) is 22.0. The monoisotopic (exact) mass is 479 g/mol. The number of hydrogen-bond acceptors (Lipinski definition) is 6. The lowest BCUT2D eigenvalue weighted by molar-refractivity contribution is 0.102. The van der Waals surface area contributed by atoms with Crippen LogP contribution in [0.4, 0.5) is 11.5 Å². The standard InChI is InChI=1S/C27H25N7O2/c1-19-4-5-22(30-27(35)20-6-8-29-25(15-20)32-11-13-36-14-12-32)16-24(19)33-9-10-34-26(33)17-23(31-34)21-3-2-7-28-18-21/h2-10,15-18H,11-14H2,1H3,(H,30,35). The molecule has 180 valence electrons. The van der Waals surface area contributed by atoms with Gasteiger partial charge in [-0.1, -0.05) is 6.07 Å². The van der Waals surface area contributed by atoms with E-state index in [2.05, 4.69) is 29.9 Å². The minimum atomic E-state index is -0.178. The van der Waals surface area contributed by atoms with Crippen molar-refractivity contribution in [2.75, 3.05) is 36.5 Å².